The lowest BCUT2D eigenvalue weighted by atomic mass is 10.1. The summed E-state index contributed by atoms with van der Waals surface area (Å²) in [5, 5.41) is 13.8. The zero-order valence-electron chi connectivity index (χ0n) is 18.0. The Bertz CT molecular complexity index is 1470. The van der Waals surface area contributed by atoms with Crippen LogP contribution < -0.4 is 0 Å². The third-order valence-electron chi connectivity index (χ3n) is 5.67. The molecule has 0 saturated carbocycles. The quantitative estimate of drug-likeness (QED) is 0.388. The fourth-order valence-electron chi connectivity index (χ4n) is 4.03. The highest BCUT2D eigenvalue weighted by molar-refractivity contribution is 6.31. The maximum atomic E-state index is 6.37. The number of hydrogen-bond acceptors (Lipinski definition) is 7. The van der Waals surface area contributed by atoms with E-state index in [9.17, 15) is 0 Å². The van der Waals surface area contributed by atoms with Crippen LogP contribution >= 0.6 is 11.6 Å². The summed E-state index contributed by atoms with van der Waals surface area (Å²) in [7, 11) is 0. The van der Waals surface area contributed by atoms with Gasteiger partial charge in [-0.15, -0.1) is 10.2 Å². The van der Waals surface area contributed by atoms with Crippen LogP contribution in [0.3, 0.4) is 0 Å². The minimum Gasteiger partial charge on any atom is -0.339 e. The van der Waals surface area contributed by atoms with Gasteiger partial charge in [0.2, 0.25) is 11.7 Å². The van der Waals surface area contributed by atoms with E-state index >= 15 is 0 Å². The van der Waals surface area contributed by atoms with E-state index in [0.29, 0.717) is 35.4 Å². The molecule has 1 aliphatic heterocycles. The van der Waals surface area contributed by atoms with Gasteiger partial charge in [-0.05, 0) is 30.3 Å². The van der Waals surface area contributed by atoms with Crippen LogP contribution in [0.4, 0.5) is 0 Å². The molecule has 10 heteroatoms. The van der Waals surface area contributed by atoms with Crippen LogP contribution in [0, 0.1) is 0 Å². The van der Waals surface area contributed by atoms with Crippen molar-refractivity contribution >= 4 is 11.6 Å². The molecule has 6 rings (SSSR count). The molecule has 0 radical (unpaired) electrons. The number of pyridine rings is 1. The van der Waals surface area contributed by atoms with Crippen LogP contribution in [0.1, 0.15) is 42.9 Å². The summed E-state index contributed by atoms with van der Waals surface area (Å²) in [5.41, 5.74) is 4.28. The van der Waals surface area contributed by atoms with Gasteiger partial charge in [-0.3, -0.25) is 9.55 Å². The molecule has 0 saturated heterocycles. The second kappa shape index (κ2) is 7.63. The van der Waals surface area contributed by atoms with Crippen molar-refractivity contribution in [1.29, 1.82) is 0 Å². The third kappa shape index (κ3) is 3.32. The van der Waals surface area contributed by atoms with E-state index in [2.05, 4.69) is 34.9 Å². The first kappa shape index (κ1) is 19.8. The summed E-state index contributed by atoms with van der Waals surface area (Å²) < 4.78 is 9.56. The molecular weight excluding hydrogens is 440 g/mol. The molecule has 0 aliphatic carbocycles. The molecule has 1 aliphatic rings. The van der Waals surface area contributed by atoms with Crippen LogP contribution in [-0.2, 0) is 13.0 Å². The first-order valence-electron chi connectivity index (χ1n) is 10.6. The van der Waals surface area contributed by atoms with Crippen molar-refractivity contribution in [3.8, 4) is 28.6 Å². The Morgan fingerprint density at radius 2 is 2.03 bits per heavy atom. The molecule has 5 heterocycles. The van der Waals surface area contributed by atoms with Gasteiger partial charge in [-0.1, -0.05) is 36.7 Å². The van der Waals surface area contributed by atoms with Crippen LogP contribution in [0.2, 0.25) is 5.02 Å². The van der Waals surface area contributed by atoms with E-state index in [1.807, 2.05) is 54.8 Å². The van der Waals surface area contributed by atoms with Crippen molar-refractivity contribution < 1.29 is 4.52 Å². The molecule has 1 aromatic carbocycles. The topological polar surface area (TPSA) is 100 Å². The third-order valence-corrected chi connectivity index (χ3v) is 5.91. The highest BCUT2D eigenvalue weighted by Gasteiger charge is 2.28. The van der Waals surface area contributed by atoms with Gasteiger partial charge in [0.05, 0.1) is 24.3 Å². The molecule has 164 valence electrons. The molecule has 0 amide bonds. The summed E-state index contributed by atoms with van der Waals surface area (Å²) >= 11 is 6.37. The lowest BCUT2D eigenvalue weighted by Gasteiger charge is -2.09. The van der Waals surface area contributed by atoms with E-state index in [1.165, 1.54) is 0 Å². The van der Waals surface area contributed by atoms with Crippen molar-refractivity contribution in [2.24, 2.45) is 0 Å². The summed E-state index contributed by atoms with van der Waals surface area (Å²) in [5.74, 6) is 2.71. The Morgan fingerprint density at radius 1 is 1.12 bits per heavy atom. The van der Waals surface area contributed by atoms with Gasteiger partial charge in [-0.25, -0.2) is 4.98 Å². The average Bonchev–Trinajstić information content (AvgIpc) is 3.53. The maximum absolute atomic E-state index is 6.37. The molecule has 0 atom stereocenters. The highest BCUT2D eigenvalue weighted by atomic mass is 35.5. The van der Waals surface area contributed by atoms with Crippen molar-refractivity contribution in [2.45, 2.75) is 32.7 Å². The maximum Gasteiger partial charge on any atom is 0.229 e. The number of hydrogen-bond donors (Lipinski definition) is 0. The van der Waals surface area contributed by atoms with Gasteiger partial charge in [0.1, 0.15) is 17.8 Å². The monoisotopic (exact) mass is 458 g/mol. The predicted molar refractivity (Wildman–Crippen MR) is 121 cm³/mol. The number of nitrogens with zero attached hydrogens (tertiary/aromatic N) is 8. The summed E-state index contributed by atoms with van der Waals surface area (Å²) in [6, 6.07) is 11.6. The molecule has 0 fully saturated rings. The van der Waals surface area contributed by atoms with Crippen LogP contribution in [0.5, 0.6) is 0 Å². The van der Waals surface area contributed by atoms with E-state index in [-0.39, 0.29) is 5.92 Å². The first-order chi connectivity index (χ1) is 16.1. The highest BCUT2D eigenvalue weighted by Crippen LogP contribution is 2.36. The minimum absolute atomic E-state index is 0.129. The van der Waals surface area contributed by atoms with E-state index in [1.54, 1.807) is 12.5 Å². The van der Waals surface area contributed by atoms with Crippen molar-refractivity contribution in [1.82, 2.24) is 39.4 Å². The summed E-state index contributed by atoms with van der Waals surface area (Å²) in [6.45, 7) is 4.51. The molecule has 4 aromatic heterocycles. The molecule has 0 bridgehead atoms. The molecule has 5 aromatic rings. The number of imidazole rings is 1. The van der Waals surface area contributed by atoms with Gasteiger partial charge >= 0.3 is 0 Å². The number of benzene rings is 1. The minimum atomic E-state index is 0.129. The lowest BCUT2D eigenvalue weighted by molar-refractivity contribution is 0.365. The Kier molecular flexibility index (Phi) is 4.58. The molecule has 0 N–H and O–H groups in total. The SMILES string of the molecule is CC(C)c1nc(-c2ncn3c2Cn2c(Cc4ccccn4)nnc2-c2cc(Cl)ccc2-3)no1. The van der Waals surface area contributed by atoms with E-state index in [0.717, 1.165) is 34.3 Å². The van der Waals surface area contributed by atoms with Crippen LogP contribution in [0.15, 0.2) is 53.4 Å². The Hall–Kier alpha value is -3.85. The van der Waals surface area contributed by atoms with Crippen molar-refractivity contribution in [3.63, 3.8) is 0 Å². The second-order valence-corrected chi connectivity index (χ2v) is 8.64. The van der Waals surface area contributed by atoms with Crippen molar-refractivity contribution in [3.05, 3.63) is 77.0 Å². The second-order valence-electron chi connectivity index (χ2n) is 8.21. The number of rotatable bonds is 4. The van der Waals surface area contributed by atoms with Gasteiger partial charge in [0.15, 0.2) is 5.82 Å². The molecule has 9 nitrogen and oxygen atoms in total. The number of fused-ring (bicyclic) bond motifs is 5. The van der Waals surface area contributed by atoms with Gasteiger partial charge in [0, 0.05) is 28.4 Å². The molecule has 0 unspecified atom stereocenters. The Labute approximate surface area is 194 Å². The van der Waals surface area contributed by atoms with E-state index < -0.39 is 0 Å². The molecular formula is C23H19ClN8O. The number of halogens is 1. The van der Waals surface area contributed by atoms with Crippen molar-refractivity contribution in [2.75, 3.05) is 0 Å². The molecule has 0 spiro atoms. The standard InChI is InChI=1S/C23H19ClN8O/c1-13(2)23-27-21(30-33-23)20-18-11-31-19(10-15-5-3-4-8-25-15)28-29-22(31)16-9-14(24)6-7-17(16)32(18)12-26-20/h3-9,12-13H,10-11H2,1-2H3. The van der Waals surface area contributed by atoms with Gasteiger partial charge in [0.25, 0.3) is 0 Å². The normalized spacial score (nSPS) is 12.4. The van der Waals surface area contributed by atoms with Crippen LogP contribution in [-0.4, -0.2) is 39.4 Å². The van der Waals surface area contributed by atoms with Gasteiger partial charge in [-0.2, -0.15) is 4.98 Å². The Balaban J connectivity index is 1.53. The van der Waals surface area contributed by atoms with Gasteiger partial charge < -0.3 is 9.09 Å². The summed E-state index contributed by atoms with van der Waals surface area (Å²) in [6.07, 6.45) is 4.11. The largest absolute Gasteiger partial charge is 0.339 e. The fraction of sp³-hybridized carbons (Fsp3) is 0.217. The Morgan fingerprint density at radius 3 is 2.82 bits per heavy atom. The predicted octanol–water partition coefficient (Wildman–Crippen LogP) is 4.31. The zero-order chi connectivity index (χ0) is 22.5. The zero-order valence-corrected chi connectivity index (χ0v) is 18.7. The fourth-order valence-corrected chi connectivity index (χ4v) is 4.20. The summed E-state index contributed by atoms with van der Waals surface area (Å²) in [4.78, 5) is 13.7. The van der Waals surface area contributed by atoms with Crippen LogP contribution in [0.25, 0.3) is 28.6 Å². The lowest BCUT2D eigenvalue weighted by Crippen LogP contribution is -2.09. The average molecular weight is 459 g/mol. The smallest absolute Gasteiger partial charge is 0.229 e. The van der Waals surface area contributed by atoms with E-state index in [4.69, 9.17) is 16.1 Å². The number of aromatic nitrogens is 8. The first-order valence-corrected chi connectivity index (χ1v) is 11.0. The molecule has 33 heavy (non-hydrogen) atoms.